The number of rotatable bonds is 2. The predicted octanol–water partition coefficient (Wildman–Crippen LogP) is 0.502. The van der Waals surface area contributed by atoms with Crippen molar-refractivity contribution in [2.45, 2.75) is 6.92 Å². The highest BCUT2D eigenvalue weighted by Crippen LogP contribution is 2.27. The summed E-state index contributed by atoms with van der Waals surface area (Å²) in [5.41, 5.74) is -0.313. The Morgan fingerprint density at radius 1 is 1.55 bits per heavy atom. The summed E-state index contributed by atoms with van der Waals surface area (Å²) >= 11 is 1.06. The molecular weight excluding hydrogens is 286 g/mol. The Morgan fingerprint density at radius 3 is 2.85 bits per heavy atom. The van der Waals surface area contributed by atoms with E-state index in [1.165, 1.54) is 24.4 Å². The highest BCUT2D eigenvalue weighted by Gasteiger charge is 2.31. The third kappa shape index (κ3) is 2.57. The van der Waals surface area contributed by atoms with Crippen molar-refractivity contribution >= 4 is 40.8 Å². The van der Waals surface area contributed by atoms with Crippen LogP contribution in [0, 0.1) is 10.1 Å². The number of piperazine rings is 1. The van der Waals surface area contributed by atoms with Crippen LogP contribution in [-0.2, 0) is 14.4 Å². The van der Waals surface area contributed by atoms with Crippen LogP contribution in [0.15, 0.2) is 17.1 Å². The molecule has 8 nitrogen and oxygen atoms in total. The van der Waals surface area contributed by atoms with Crippen LogP contribution >= 0.6 is 11.3 Å². The van der Waals surface area contributed by atoms with Gasteiger partial charge in [0.1, 0.15) is 17.1 Å². The van der Waals surface area contributed by atoms with Gasteiger partial charge in [-0.1, -0.05) is 0 Å². The number of thiophene rings is 1. The molecule has 20 heavy (non-hydrogen) atoms. The van der Waals surface area contributed by atoms with E-state index in [2.05, 4.69) is 5.32 Å². The Hall–Kier alpha value is -2.55. The van der Waals surface area contributed by atoms with Crippen molar-refractivity contribution in [3.8, 4) is 0 Å². The van der Waals surface area contributed by atoms with Crippen LogP contribution in [0.2, 0.25) is 0 Å². The van der Waals surface area contributed by atoms with Gasteiger partial charge in [-0.2, -0.15) is 0 Å². The molecule has 0 spiro atoms. The van der Waals surface area contributed by atoms with Crippen LogP contribution in [0.4, 0.5) is 5.69 Å². The number of nitrogens with zero attached hydrogens (tertiary/aromatic N) is 2. The van der Waals surface area contributed by atoms with E-state index in [-0.39, 0.29) is 22.8 Å². The molecule has 1 aliphatic heterocycles. The molecular formula is C11H9N3O5S. The summed E-state index contributed by atoms with van der Waals surface area (Å²) < 4.78 is 0. The van der Waals surface area contributed by atoms with Gasteiger partial charge < -0.3 is 5.32 Å². The van der Waals surface area contributed by atoms with Gasteiger partial charge in [0, 0.05) is 13.0 Å². The van der Waals surface area contributed by atoms with Crippen LogP contribution in [-0.4, -0.2) is 34.1 Å². The maximum atomic E-state index is 12.0. The molecule has 1 fully saturated rings. The number of nitrogens with one attached hydrogen (secondary N) is 1. The average Bonchev–Trinajstić information content (AvgIpc) is 2.81. The summed E-state index contributed by atoms with van der Waals surface area (Å²) in [6.07, 6.45) is 1.21. The van der Waals surface area contributed by atoms with Gasteiger partial charge in [-0.25, -0.2) is 0 Å². The van der Waals surface area contributed by atoms with E-state index in [4.69, 9.17) is 0 Å². The first-order valence-corrected chi connectivity index (χ1v) is 6.34. The predicted molar refractivity (Wildman–Crippen MR) is 69.5 cm³/mol. The first kappa shape index (κ1) is 13.9. The normalized spacial score (nSPS) is 17.2. The molecule has 3 amide bonds. The van der Waals surface area contributed by atoms with Crippen LogP contribution in [0.3, 0.4) is 0 Å². The quantitative estimate of drug-likeness (QED) is 0.485. The van der Waals surface area contributed by atoms with Crippen molar-refractivity contribution in [3.05, 3.63) is 32.1 Å². The molecule has 0 unspecified atom stereocenters. The summed E-state index contributed by atoms with van der Waals surface area (Å²) in [5, 5.41) is 14.6. The van der Waals surface area contributed by atoms with Gasteiger partial charge in [-0.3, -0.25) is 29.4 Å². The molecule has 1 aromatic heterocycles. The molecule has 9 heteroatoms. The standard InChI is InChI=1S/C11H9N3O5S/c1-6(15)13-5-10(16)12-7(11(13)17)4-9-8(14(18)19)2-3-20-9/h2-4H,5H2,1H3,(H,12,16)/b7-4-. The lowest BCUT2D eigenvalue weighted by Crippen LogP contribution is -2.51. The lowest BCUT2D eigenvalue weighted by Gasteiger charge is -2.25. The van der Waals surface area contributed by atoms with Crippen molar-refractivity contribution in [2.24, 2.45) is 0 Å². The second kappa shape index (κ2) is 5.21. The second-order valence-electron chi connectivity index (χ2n) is 3.94. The SMILES string of the molecule is CC(=O)N1CC(=O)N/C(=C\c2sccc2[N+](=O)[O-])C1=O. The molecule has 2 heterocycles. The van der Waals surface area contributed by atoms with E-state index in [9.17, 15) is 24.5 Å². The summed E-state index contributed by atoms with van der Waals surface area (Å²) in [6.45, 7) is 0.819. The maximum absolute atomic E-state index is 12.0. The van der Waals surface area contributed by atoms with E-state index in [0.717, 1.165) is 16.2 Å². The lowest BCUT2D eigenvalue weighted by molar-refractivity contribution is -0.384. The van der Waals surface area contributed by atoms with E-state index >= 15 is 0 Å². The van der Waals surface area contributed by atoms with Crippen LogP contribution in [0.5, 0.6) is 0 Å². The van der Waals surface area contributed by atoms with Crippen molar-refractivity contribution in [3.63, 3.8) is 0 Å². The average molecular weight is 295 g/mol. The fourth-order valence-electron chi connectivity index (χ4n) is 1.66. The molecule has 1 N–H and O–H groups in total. The number of carbonyl (C=O) groups is 3. The smallest absolute Gasteiger partial charge is 0.287 e. The van der Waals surface area contributed by atoms with E-state index in [1.54, 1.807) is 0 Å². The molecule has 0 radical (unpaired) electrons. The molecule has 1 aromatic rings. The fraction of sp³-hybridized carbons (Fsp3) is 0.182. The van der Waals surface area contributed by atoms with Gasteiger partial charge >= 0.3 is 0 Å². The minimum absolute atomic E-state index is 0.151. The van der Waals surface area contributed by atoms with Crippen molar-refractivity contribution in [1.29, 1.82) is 0 Å². The van der Waals surface area contributed by atoms with Gasteiger partial charge in [0.05, 0.1) is 4.92 Å². The Morgan fingerprint density at radius 2 is 2.25 bits per heavy atom. The molecule has 104 valence electrons. The summed E-state index contributed by atoms with van der Waals surface area (Å²) in [5.74, 6) is -1.76. The monoisotopic (exact) mass is 295 g/mol. The Bertz CT molecular complexity index is 648. The highest BCUT2D eigenvalue weighted by atomic mass is 32.1. The van der Waals surface area contributed by atoms with Gasteiger partial charge in [0.25, 0.3) is 11.6 Å². The van der Waals surface area contributed by atoms with Gasteiger partial charge in [-0.05, 0) is 11.5 Å². The fourth-order valence-corrected chi connectivity index (χ4v) is 2.45. The third-order valence-electron chi connectivity index (χ3n) is 2.58. The zero-order valence-corrected chi connectivity index (χ0v) is 11.1. The number of carbonyl (C=O) groups excluding carboxylic acids is 3. The van der Waals surface area contributed by atoms with Gasteiger partial charge in [-0.15, -0.1) is 11.3 Å². The molecule has 1 saturated heterocycles. The van der Waals surface area contributed by atoms with Crippen molar-refractivity contribution in [1.82, 2.24) is 10.2 Å². The molecule has 0 saturated carbocycles. The largest absolute Gasteiger partial charge is 0.320 e. The minimum Gasteiger partial charge on any atom is -0.320 e. The highest BCUT2D eigenvalue weighted by molar-refractivity contribution is 7.11. The topological polar surface area (TPSA) is 110 Å². The molecule has 0 aliphatic carbocycles. The maximum Gasteiger partial charge on any atom is 0.287 e. The van der Waals surface area contributed by atoms with Crippen LogP contribution in [0.25, 0.3) is 6.08 Å². The number of imide groups is 1. The number of hydrogen-bond donors (Lipinski definition) is 1. The van der Waals surface area contributed by atoms with Crippen molar-refractivity contribution in [2.75, 3.05) is 6.54 Å². The first-order valence-electron chi connectivity index (χ1n) is 5.46. The summed E-state index contributed by atoms with van der Waals surface area (Å²) in [7, 11) is 0. The van der Waals surface area contributed by atoms with Gasteiger partial charge in [0.2, 0.25) is 11.8 Å². The number of nitro groups is 1. The summed E-state index contributed by atoms with van der Waals surface area (Å²) in [6, 6.07) is 1.30. The first-order chi connectivity index (χ1) is 9.40. The zero-order chi connectivity index (χ0) is 14.9. The minimum atomic E-state index is -0.681. The van der Waals surface area contributed by atoms with Gasteiger partial charge in [0.15, 0.2) is 0 Å². The van der Waals surface area contributed by atoms with Crippen LogP contribution in [0.1, 0.15) is 11.8 Å². The van der Waals surface area contributed by atoms with E-state index in [1.807, 2.05) is 0 Å². The Balaban J connectivity index is 2.39. The molecule has 1 aliphatic rings. The number of amides is 3. The van der Waals surface area contributed by atoms with Crippen LogP contribution < -0.4 is 5.32 Å². The lowest BCUT2D eigenvalue weighted by atomic mass is 10.2. The summed E-state index contributed by atoms with van der Waals surface area (Å²) in [4.78, 5) is 45.9. The van der Waals surface area contributed by atoms with Crippen molar-refractivity contribution < 1.29 is 19.3 Å². The Kier molecular flexibility index (Phi) is 3.61. The third-order valence-corrected chi connectivity index (χ3v) is 3.43. The molecule has 0 bridgehead atoms. The van der Waals surface area contributed by atoms with E-state index in [0.29, 0.717) is 0 Å². The zero-order valence-electron chi connectivity index (χ0n) is 10.3. The van der Waals surface area contributed by atoms with E-state index < -0.39 is 22.6 Å². The second-order valence-corrected chi connectivity index (χ2v) is 4.89. The molecule has 0 atom stereocenters. The Labute approximate surface area is 116 Å². The molecule has 2 rings (SSSR count). The molecule has 0 aromatic carbocycles. The number of hydrogen-bond acceptors (Lipinski definition) is 6.